The highest BCUT2D eigenvalue weighted by atomic mass is 35.6. The van der Waals surface area contributed by atoms with Crippen molar-refractivity contribution in [3.63, 3.8) is 0 Å². The molecule has 1 fully saturated rings. The smallest absolute Gasteiger partial charge is 0.295 e. The van der Waals surface area contributed by atoms with Crippen LogP contribution in [-0.4, -0.2) is 36.9 Å². The predicted molar refractivity (Wildman–Crippen MR) is 85.9 cm³/mol. The summed E-state index contributed by atoms with van der Waals surface area (Å²) in [6, 6.07) is -0.695. The molecule has 8 heteroatoms. The van der Waals surface area contributed by atoms with Crippen LogP contribution in [0.3, 0.4) is 0 Å². The van der Waals surface area contributed by atoms with Crippen molar-refractivity contribution in [1.82, 2.24) is 15.3 Å². The Hall–Kier alpha value is -0.330. The number of hydrogen-bond acceptors (Lipinski definition) is 3. The summed E-state index contributed by atoms with van der Waals surface area (Å²) in [6.45, 7) is 2.03. The third-order valence-electron chi connectivity index (χ3n) is 3.10. The van der Waals surface area contributed by atoms with Crippen molar-refractivity contribution in [3.8, 4) is 0 Å². The molecule has 0 bridgehead atoms. The number of hydrogen-bond donors (Lipinski definition) is 1. The van der Waals surface area contributed by atoms with E-state index in [2.05, 4.69) is 5.43 Å². The molecule has 1 heterocycles. The van der Waals surface area contributed by atoms with E-state index in [1.807, 2.05) is 25.2 Å². The van der Waals surface area contributed by atoms with Gasteiger partial charge in [-0.3, -0.25) is 4.90 Å². The van der Waals surface area contributed by atoms with Crippen LogP contribution in [0.2, 0.25) is 0 Å². The lowest BCUT2D eigenvalue weighted by molar-refractivity contribution is 0.182. The van der Waals surface area contributed by atoms with Crippen LogP contribution in [0.1, 0.15) is 19.8 Å². The number of alkyl halides is 3. The predicted octanol–water partition coefficient (Wildman–Crippen LogP) is 3.55. The fourth-order valence-corrected chi connectivity index (χ4v) is 2.86. The van der Waals surface area contributed by atoms with Crippen molar-refractivity contribution in [1.29, 1.82) is 0 Å². The first kappa shape index (κ1) is 16.0. The van der Waals surface area contributed by atoms with Crippen LogP contribution in [0.15, 0.2) is 24.3 Å². The van der Waals surface area contributed by atoms with Crippen LogP contribution in [-0.2, 0) is 0 Å². The van der Waals surface area contributed by atoms with Crippen molar-refractivity contribution in [2.24, 2.45) is 0 Å². The average Bonchev–Trinajstić information content (AvgIpc) is 2.68. The first-order valence-corrected chi connectivity index (χ1v) is 7.74. The Labute approximate surface area is 138 Å². The minimum absolute atomic E-state index is 0.248. The SMILES string of the molecule is CCCC1NN(C(Cl)(Cl)Cl)C(=O)N1C1C=CC=CC1=S. The van der Waals surface area contributed by atoms with Gasteiger partial charge >= 0.3 is 6.03 Å². The molecule has 110 valence electrons. The summed E-state index contributed by atoms with van der Waals surface area (Å²) in [5.41, 5.74) is 2.95. The topological polar surface area (TPSA) is 35.6 Å². The van der Waals surface area contributed by atoms with Gasteiger partial charge in [0.2, 0.25) is 0 Å². The minimum Gasteiger partial charge on any atom is -0.295 e. The molecule has 0 radical (unpaired) electrons. The van der Waals surface area contributed by atoms with Crippen LogP contribution in [0.4, 0.5) is 4.79 Å². The van der Waals surface area contributed by atoms with Crippen molar-refractivity contribution in [3.05, 3.63) is 24.3 Å². The highest BCUT2D eigenvalue weighted by Crippen LogP contribution is 2.35. The Bertz CT molecular complexity index is 475. The number of amides is 2. The van der Waals surface area contributed by atoms with Gasteiger partial charge in [-0.2, -0.15) is 0 Å². The molecule has 0 aromatic heterocycles. The minimum atomic E-state index is -1.84. The van der Waals surface area contributed by atoms with Crippen LogP contribution >= 0.6 is 47.0 Å². The van der Waals surface area contributed by atoms with Gasteiger partial charge in [-0.1, -0.05) is 78.6 Å². The molecule has 4 nitrogen and oxygen atoms in total. The molecule has 2 rings (SSSR count). The van der Waals surface area contributed by atoms with Crippen LogP contribution in [0.25, 0.3) is 0 Å². The Morgan fingerprint density at radius 2 is 2.10 bits per heavy atom. The summed E-state index contributed by atoms with van der Waals surface area (Å²) < 4.78 is -1.84. The third-order valence-corrected chi connectivity index (χ3v) is 3.98. The largest absolute Gasteiger partial charge is 0.340 e. The number of rotatable bonds is 3. The van der Waals surface area contributed by atoms with Gasteiger partial charge in [0, 0.05) is 4.86 Å². The molecule has 1 saturated heterocycles. The number of allylic oxidation sites excluding steroid dienone is 2. The van der Waals surface area contributed by atoms with E-state index in [1.54, 1.807) is 11.0 Å². The summed E-state index contributed by atoms with van der Waals surface area (Å²) in [5.74, 6) is 0. The van der Waals surface area contributed by atoms with E-state index >= 15 is 0 Å². The van der Waals surface area contributed by atoms with Crippen LogP contribution in [0.5, 0.6) is 0 Å². The molecular weight excluding hydrogens is 341 g/mol. The van der Waals surface area contributed by atoms with Crippen LogP contribution < -0.4 is 5.43 Å². The monoisotopic (exact) mass is 353 g/mol. The van der Waals surface area contributed by atoms with E-state index in [0.29, 0.717) is 4.86 Å². The maximum atomic E-state index is 12.5. The standard InChI is InChI=1S/C12H14Cl3N3OS/c1-2-5-10-16-18(12(13,14)15)11(19)17(10)8-6-3-4-7-9(8)20/h3-4,6-8,10,16H,2,5H2,1H3. The maximum Gasteiger partial charge on any atom is 0.340 e. The van der Waals surface area contributed by atoms with Gasteiger partial charge < -0.3 is 0 Å². The first-order valence-electron chi connectivity index (χ1n) is 6.20. The molecule has 1 N–H and O–H groups in total. The van der Waals surface area contributed by atoms with E-state index < -0.39 is 9.95 Å². The number of carbonyl (C=O) groups is 1. The molecular formula is C12H14Cl3N3OS. The number of carbonyl (C=O) groups excluding carboxylic acids is 1. The second-order valence-corrected chi connectivity index (χ2v) is 7.21. The Kier molecular flexibility index (Phi) is 4.97. The lowest BCUT2D eigenvalue weighted by Gasteiger charge is -2.30. The molecule has 1 aliphatic heterocycles. The van der Waals surface area contributed by atoms with E-state index in [0.717, 1.165) is 17.9 Å². The normalized spacial score (nSPS) is 26.8. The van der Waals surface area contributed by atoms with Gasteiger partial charge in [-0.15, -0.1) is 0 Å². The van der Waals surface area contributed by atoms with Crippen LogP contribution in [0, 0.1) is 0 Å². The number of nitrogens with one attached hydrogen (secondary N) is 1. The van der Waals surface area contributed by atoms with Gasteiger partial charge in [0.15, 0.2) is 0 Å². The molecule has 2 amide bonds. The molecule has 0 saturated carbocycles. The summed E-state index contributed by atoms with van der Waals surface area (Å²) in [6.07, 6.45) is 8.74. The van der Waals surface area contributed by atoms with E-state index in [9.17, 15) is 4.79 Å². The summed E-state index contributed by atoms with van der Waals surface area (Å²) >= 11 is 22.8. The molecule has 20 heavy (non-hydrogen) atoms. The second-order valence-electron chi connectivity index (χ2n) is 4.52. The van der Waals surface area contributed by atoms with Crippen molar-refractivity contribution >= 4 is 57.9 Å². The number of thiocarbonyl (C=S) groups is 1. The summed E-state index contributed by atoms with van der Waals surface area (Å²) in [7, 11) is 0. The maximum absolute atomic E-state index is 12.5. The number of urea groups is 1. The zero-order valence-corrected chi connectivity index (χ0v) is 13.8. The lowest BCUT2D eigenvalue weighted by Crippen LogP contribution is -2.47. The molecule has 2 aliphatic rings. The highest BCUT2D eigenvalue weighted by Gasteiger charge is 2.48. The quantitative estimate of drug-likeness (QED) is 0.478. The molecule has 0 spiro atoms. The Balaban J connectivity index is 2.28. The molecule has 0 aromatic rings. The Morgan fingerprint density at radius 3 is 2.65 bits per heavy atom. The number of hydrazine groups is 1. The molecule has 2 unspecified atom stereocenters. The third kappa shape index (κ3) is 3.12. The van der Waals surface area contributed by atoms with Gasteiger partial charge in [0.25, 0.3) is 3.92 Å². The molecule has 1 aliphatic carbocycles. The summed E-state index contributed by atoms with van der Waals surface area (Å²) in [4.78, 5) is 14.8. The van der Waals surface area contributed by atoms with Gasteiger partial charge in [0.05, 0.1) is 6.04 Å². The number of nitrogens with zero attached hydrogens (tertiary/aromatic N) is 2. The lowest BCUT2D eigenvalue weighted by atomic mass is 10.1. The number of halogens is 3. The average molecular weight is 355 g/mol. The second kappa shape index (κ2) is 6.20. The van der Waals surface area contributed by atoms with E-state index in [4.69, 9.17) is 47.0 Å². The van der Waals surface area contributed by atoms with E-state index in [1.165, 1.54) is 0 Å². The first-order chi connectivity index (χ1) is 9.36. The Morgan fingerprint density at radius 1 is 1.40 bits per heavy atom. The summed E-state index contributed by atoms with van der Waals surface area (Å²) in [5, 5.41) is 1.02. The van der Waals surface area contributed by atoms with Gasteiger partial charge in [-0.05, 0) is 12.5 Å². The zero-order chi connectivity index (χ0) is 14.9. The fraction of sp³-hybridized carbons (Fsp3) is 0.500. The van der Waals surface area contributed by atoms with Crippen molar-refractivity contribution in [2.75, 3.05) is 0 Å². The van der Waals surface area contributed by atoms with Crippen molar-refractivity contribution < 1.29 is 4.79 Å². The van der Waals surface area contributed by atoms with Gasteiger partial charge in [0.1, 0.15) is 6.17 Å². The molecule has 0 aromatic carbocycles. The van der Waals surface area contributed by atoms with E-state index in [-0.39, 0.29) is 12.2 Å². The van der Waals surface area contributed by atoms with Crippen molar-refractivity contribution in [2.45, 2.75) is 35.9 Å². The highest BCUT2D eigenvalue weighted by molar-refractivity contribution is 7.80. The fourth-order valence-electron chi connectivity index (χ4n) is 2.23. The zero-order valence-electron chi connectivity index (χ0n) is 10.7. The molecule has 2 atom stereocenters. The van der Waals surface area contributed by atoms with Gasteiger partial charge in [-0.25, -0.2) is 15.2 Å².